The second-order valence-electron chi connectivity index (χ2n) is 14.4. The van der Waals surface area contributed by atoms with Crippen molar-refractivity contribution in [1.29, 1.82) is 0 Å². The Labute approximate surface area is 317 Å². The average molecular weight is 739 g/mol. The quantitative estimate of drug-likeness (QED) is 0.0286. The summed E-state index contributed by atoms with van der Waals surface area (Å²) in [6, 6.07) is 0. The fraction of sp³-hybridized carbons (Fsp3) is 0.837. The molecule has 0 aliphatic carbocycles. The number of hydrogen-bond acceptors (Lipinski definition) is 9. The molecule has 0 radical (unpaired) electrons. The Morgan fingerprint density at radius 3 is 1.67 bits per heavy atom. The van der Waals surface area contributed by atoms with E-state index < -0.39 is 43.4 Å². The molecule has 0 aromatic rings. The van der Waals surface area contributed by atoms with Crippen molar-refractivity contribution < 1.29 is 44.2 Å². The van der Waals surface area contributed by atoms with Crippen molar-refractivity contribution in [3.8, 4) is 0 Å². The number of esters is 1. The summed E-state index contributed by atoms with van der Waals surface area (Å²) in [5.74, 6) is -0.325. The molecule has 1 aliphatic rings. The van der Waals surface area contributed by atoms with E-state index in [9.17, 15) is 25.2 Å². The first kappa shape index (κ1) is 48.4. The largest absolute Gasteiger partial charge is 0.457 e. The van der Waals surface area contributed by atoms with Crippen LogP contribution in [0.5, 0.6) is 0 Å². The van der Waals surface area contributed by atoms with E-state index in [2.05, 4.69) is 50.3 Å². The molecule has 0 saturated carbocycles. The zero-order chi connectivity index (χ0) is 37.9. The molecule has 52 heavy (non-hydrogen) atoms. The van der Waals surface area contributed by atoms with E-state index in [1.807, 2.05) is 0 Å². The first-order chi connectivity index (χ1) is 25.4. The molecule has 304 valence electrons. The molecule has 0 aromatic heterocycles. The molecule has 1 saturated heterocycles. The Morgan fingerprint density at radius 1 is 0.615 bits per heavy atom. The zero-order valence-corrected chi connectivity index (χ0v) is 33.1. The van der Waals surface area contributed by atoms with Gasteiger partial charge >= 0.3 is 5.97 Å². The van der Waals surface area contributed by atoms with Crippen LogP contribution in [0.15, 0.2) is 36.5 Å². The van der Waals surface area contributed by atoms with E-state index in [4.69, 9.17) is 18.9 Å². The van der Waals surface area contributed by atoms with Crippen LogP contribution in [0.2, 0.25) is 0 Å². The highest BCUT2D eigenvalue weighted by atomic mass is 16.7. The van der Waals surface area contributed by atoms with E-state index in [1.54, 1.807) is 0 Å². The first-order valence-electron chi connectivity index (χ1n) is 21.1. The van der Waals surface area contributed by atoms with Crippen LogP contribution in [0, 0.1) is 0 Å². The molecule has 1 fully saturated rings. The average Bonchev–Trinajstić information content (AvgIpc) is 3.14. The number of hydrogen-bond donors (Lipinski definition) is 4. The van der Waals surface area contributed by atoms with E-state index in [0.29, 0.717) is 13.0 Å². The summed E-state index contributed by atoms with van der Waals surface area (Å²) in [5, 5.41) is 39.9. The molecule has 0 aromatic carbocycles. The van der Waals surface area contributed by atoms with Crippen LogP contribution >= 0.6 is 0 Å². The lowest BCUT2D eigenvalue weighted by Gasteiger charge is -2.39. The van der Waals surface area contributed by atoms with Crippen LogP contribution in [-0.4, -0.2) is 89.6 Å². The Kier molecular flexibility index (Phi) is 32.7. The number of carbonyl (C=O) groups is 1. The van der Waals surface area contributed by atoms with Gasteiger partial charge in [0.15, 0.2) is 6.29 Å². The Balaban J connectivity index is 2.20. The van der Waals surface area contributed by atoms with Gasteiger partial charge in [0.25, 0.3) is 0 Å². The fourth-order valence-corrected chi connectivity index (χ4v) is 6.20. The normalized spacial score (nSPS) is 21.5. The van der Waals surface area contributed by atoms with Gasteiger partial charge in [-0.1, -0.05) is 147 Å². The molecule has 9 nitrogen and oxygen atoms in total. The third kappa shape index (κ3) is 26.2. The molecule has 4 N–H and O–H groups in total. The van der Waals surface area contributed by atoms with Gasteiger partial charge in [0, 0.05) is 13.0 Å². The van der Waals surface area contributed by atoms with Gasteiger partial charge in [-0.25, -0.2) is 0 Å². The highest BCUT2D eigenvalue weighted by molar-refractivity contribution is 5.69. The molecular formula is C43H78O9. The van der Waals surface area contributed by atoms with E-state index in [-0.39, 0.29) is 19.2 Å². The first-order valence-corrected chi connectivity index (χ1v) is 21.1. The van der Waals surface area contributed by atoms with Crippen LogP contribution in [0.4, 0.5) is 0 Å². The maximum Gasteiger partial charge on any atom is 0.306 e. The molecule has 9 heteroatoms. The van der Waals surface area contributed by atoms with Gasteiger partial charge in [-0.2, -0.15) is 0 Å². The Morgan fingerprint density at radius 2 is 1.12 bits per heavy atom. The molecule has 1 aliphatic heterocycles. The van der Waals surface area contributed by atoms with Crippen LogP contribution in [0.1, 0.15) is 168 Å². The van der Waals surface area contributed by atoms with Crippen molar-refractivity contribution >= 4 is 5.97 Å². The number of allylic oxidation sites excluding steroid dienone is 6. The highest BCUT2D eigenvalue weighted by Crippen LogP contribution is 2.22. The van der Waals surface area contributed by atoms with Crippen molar-refractivity contribution in [3.63, 3.8) is 0 Å². The predicted octanol–water partition coefficient (Wildman–Crippen LogP) is 8.80. The van der Waals surface area contributed by atoms with Crippen LogP contribution < -0.4 is 0 Å². The van der Waals surface area contributed by atoms with Gasteiger partial charge in [0.1, 0.15) is 30.5 Å². The van der Waals surface area contributed by atoms with E-state index in [0.717, 1.165) is 57.8 Å². The fourth-order valence-electron chi connectivity index (χ4n) is 6.20. The summed E-state index contributed by atoms with van der Waals surface area (Å²) in [5.41, 5.74) is 0. The van der Waals surface area contributed by atoms with Gasteiger partial charge < -0.3 is 39.4 Å². The molecule has 0 spiro atoms. The van der Waals surface area contributed by atoms with Crippen LogP contribution in [0.3, 0.4) is 0 Å². The number of aliphatic hydroxyl groups is 4. The standard InChI is InChI=1S/C43H78O9/c1-3-5-7-9-11-12-13-14-15-16-17-18-19-20-21-22-23-24-25-27-29-31-33-49-35-37(51-39(45)32-30-28-26-10-8-6-4-2)36-50-43-42(48)41(47)40(46)38(34-44)52-43/h13-14,16-17,19-20,37-38,40-44,46-48H,3-12,15,18,21-36H2,1-2H3/b14-13-,17-16-,20-19-. The van der Waals surface area contributed by atoms with Gasteiger partial charge in [-0.15, -0.1) is 0 Å². The minimum absolute atomic E-state index is 0.117. The Bertz CT molecular complexity index is 890. The van der Waals surface area contributed by atoms with Gasteiger partial charge in [-0.3, -0.25) is 4.79 Å². The molecule has 6 unspecified atom stereocenters. The molecule has 0 bridgehead atoms. The summed E-state index contributed by atoms with van der Waals surface area (Å²) in [6.07, 6.45) is 33.4. The smallest absolute Gasteiger partial charge is 0.306 e. The van der Waals surface area contributed by atoms with Crippen molar-refractivity contribution in [2.45, 2.75) is 205 Å². The number of carbonyl (C=O) groups excluding carboxylic acids is 1. The van der Waals surface area contributed by atoms with Crippen molar-refractivity contribution in [2.75, 3.05) is 26.4 Å². The highest BCUT2D eigenvalue weighted by Gasteiger charge is 2.44. The second-order valence-corrected chi connectivity index (χ2v) is 14.4. The molecule has 1 rings (SSSR count). The van der Waals surface area contributed by atoms with Crippen molar-refractivity contribution in [2.24, 2.45) is 0 Å². The van der Waals surface area contributed by atoms with E-state index in [1.165, 1.54) is 89.9 Å². The minimum Gasteiger partial charge on any atom is -0.457 e. The van der Waals surface area contributed by atoms with Crippen LogP contribution in [-0.2, 0) is 23.7 Å². The summed E-state index contributed by atoms with van der Waals surface area (Å²) in [4.78, 5) is 12.6. The molecule has 6 atom stereocenters. The van der Waals surface area contributed by atoms with Crippen molar-refractivity contribution in [3.05, 3.63) is 36.5 Å². The lowest BCUT2D eigenvalue weighted by molar-refractivity contribution is -0.305. The second kappa shape index (κ2) is 35.1. The summed E-state index contributed by atoms with van der Waals surface area (Å²) < 4.78 is 22.7. The monoisotopic (exact) mass is 739 g/mol. The summed E-state index contributed by atoms with van der Waals surface area (Å²) in [6.45, 7) is 4.47. The number of aliphatic hydroxyl groups excluding tert-OH is 4. The summed E-state index contributed by atoms with van der Waals surface area (Å²) >= 11 is 0. The minimum atomic E-state index is -1.54. The SMILES string of the molecule is CCCCCCC/C=C\C/C=C\C/C=C\CCCCCCCCCOCC(COC1OC(CO)C(O)C(O)C1O)OC(=O)CCCCCCCCC. The molecular weight excluding hydrogens is 660 g/mol. The topological polar surface area (TPSA) is 135 Å². The van der Waals surface area contributed by atoms with E-state index >= 15 is 0 Å². The third-order valence-electron chi connectivity index (χ3n) is 9.56. The van der Waals surface area contributed by atoms with Gasteiger partial charge in [0.05, 0.1) is 19.8 Å². The van der Waals surface area contributed by atoms with Gasteiger partial charge in [-0.05, 0) is 51.4 Å². The zero-order valence-electron chi connectivity index (χ0n) is 33.1. The summed E-state index contributed by atoms with van der Waals surface area (Å²) in [7, 11) is 0. The van der Waals surface area contributed by atoms with Crippen LogP contribution in [0.25, 0.3) is 0 Å². The molecule has 1 heterocycles. The maximum absolute atomic E-state index is 12.6. The van der Waals surface area contributed by atoms with Crippen molar-refractivity contribution in [1.82, 2.24) is 0 Å². The predicted molar refractivity (Wildman–Crippen MR) is 210 cm³/mol. The maximum atomic E-state index is 12.6. The van der Waals surface area contributed by atoms with Gasteiger partial charge in [0.2, 0.25) is 0 Å². The molecule has 0 amide bonds. The number of rotatable bonds is 35. The third-order valence-corrected chi connectivity index (χ3v) is 9.56. The number of ether oxygens (including phenoxy) is 4. The Hall–Kier alpha value is -1.59. The lowest BCUT2D eigenvalue weighted by atomic mass is 9.99. The lowest BCUT2D eigenvalue weighted by Crippen LogP contribution is -2.59. The number of unbranched alkanes of at least 4 members (excludes halogenated alkanes) is 18.